The van der Waals surface area contributed by atoms with Crippen molar-refractivity contribution in [3.8, 4) is 5.75 Å². The summed E-state index contributed by atoms with van der Waals surface area (Å²) in [7, 11) is 0. The van der Waals surface area contributed by atoms with Gasteiger partial charge in [-0.3, -0.25) is 4.79 Å². The summed E-state index contributed by atoms with van der Waals surface area (Å²) in [6, 6.07) is 2.94. The van der Waals surface area contributed by atoms with Gasteiger partial charge in [0.1, 0.15) is 5.75 Å². The monoisotopic (exact) mass is 292 g/mol. The highest BCUT2D eigenvalue weighted by Gasteiger charge is 2.21. The summed E-state index contributed by atoms with van der Waals surface area (Å²) in [6.07, 6.45) is 0. The second-order valence-electron chi connectivity index (χ2n) is 4.80. The van der Waals surface area contributed by atoms with E-state index in [1.54, 1.807) is 17.0 Å². The van der Waals surface area contributed by atoms with Crippen molar-refractivity contribution in [2.75, 3.05) is 49.3 Å². The Kier molecular flexibility index (Phi) is 3.53. The van der Waals surface area contributed by atoms with E-state index in [-0.39, 0.29) is 18.5 Å². The zero-order valence-corrected chi connectivity index (χ0v) is 11.3. The van der Waals surface area contributed by atoms with Crippen LogP contribution >= 0.6 is 0 Å². The van der Waals surface area contributed by atoms with Gasteiger partial charge in [0.05, 0.1) is 30.3 Å². The Morgan fingerprint density at radius 3 is 2.86 bits per heavy atom. The van der Waals surface area contributed by atoms with Crippen LogP contribution in [0.15, 0.2) is 12.1 Å². The number of anilines is 3. The van der Waals surface area contributed by atoms with E-state index < -0.39 is 0 Å². The van der Waals surface area contributed by atoms with Crippen LogP contribution in [-0.2, 0) is 9.53 Å². The van der Waals surface area contributed by atoms with Crippen molar-refractivity contribution in [1.29, 1.82) is 0 Å². The lowest BCUT2D eigenvalue weighted by molar-refractivity contribution is -0.118. The highest BCUT2D eigenvalue weighted by atomic mass is 16.5. The summed E-state index contributed by atoms with van der Waals surface area (Å²) in [4.78, 5) is 25.1. The molecule has 0 unspecified atom stereocenters. The Hall–Kier alpha value is -2.48. The Balaban J connectivity index is 1.77. The molecule has 112 valence electrons. The summed E-state index contributed by atoms with van der Waals surface area (Å²) < 4.78 is 10.5. The summed E-state index contributed by atoms with van der Waals surface area (Å²) in [6.45, 7) is 2.09. The van der Waals surface area contributed by atoms with Crippen LogP contribution in [0.25, 0.3) is 0 Å². The summed E-state index contributed by atoms with van der Waals surface area (Å²) in [5, 5.41) is 5.42. The number of nitrogens with two attached hydrogens (primary N) is 1. The molecule has 1 aromatic rings. The maximum Gasteiger partial charge on any atom is 0.322 e. The zero-order valence-electron chi connectivity index (χ0n) is 11.3. The SMILES string of the molecule is Nc1cc2c(cc1NC(=O)N1CCOCC1)NC(=O)CO2. The van der Waals surface area contributed by atoms with E-state index in [0.29, 0.717) is 49.1 Å². The number of nitrogens with zero attached hydrogens (tertiary/aromatic N) is 1. The molecular formula is C13H16N4O4. The number of morpholine rings is 1. The number of amides is 3. The molecule has 0 spiro atoms. The van der Waals surface area contributed by atoms with Crippen LogP contribution in [0.1, 0.15) is 0 Å². The highest BCUT2D eigenvalue weighted by molar-refractivity contribution is 5.99. The van der Waals surface area contributed by atoms with Gasteiger partial charge in [0.2, 0.25) is 0 Å². The number of rotatable bonds is 1. The topological polar surface area (TPSA) is 106 Å². The third kappa shape index (κ3) is 2.84. The van der Waals surface area contributed by atoms with E-state index in [2.05, 4.69) is 10.6 Å². The first-order valence-corrected chi connectivity index (χ1v) is 6.63. The van der Waals surface area contributed by atoms with Gasteiger partial charge in [-0.05, 0) is 6.07 Å². The first kappa shape index (κ1) is 13.5. The van der Waals surface area contributed by atoms with Gasteiger partial charge < -0.3 is 30.7 Å². The van der Waals surface area contributed by atoms with Crippen LogP contribution < -0.4 is 21.1 Å². The predicted molar refractivity (Wildman–Crippen MR) is 76.4 cm³/mol. The Labute approximate surface area is 121 Å². The predicted octanol–water partition coefficient (Wildman–Crippen LogP) is 0.464. The van der Waals surface area contributed by atoms with Crippen LogP contribution in [0, 0.1) is 0 Å². The Morgan fingerprint density at radius 1 is 1.33 bits per heavy atom. The summed E-state index contributed by atoms with van der Waals surface area (Å²) in [5.41, 5.74) is 7.23. The second-order valence-corrected chi connectivity index (χ2v) is 4.80. The fourth-order valence-electron chi connectivity index (χ4n) is 2.21. The Morgan fingerprint density at radius 2 is 2.10 bits per heavy atom. The van der Waals surface area contributed by atoms with E-state index in [1.807, 2.05) is 0 Å². The van der Waals surface area contributed by atoms with E-state index in [1.165, 1.54) is 0 Å². The number of carbonyl (C=O) groups is 2. The third-order valence-electron chi connectivity index (χ3n) is 3.32. The van der Waals surface area contributed by atoms with Gasteiger partial charge in [0.25, 0.3) is 5.91 Å². The van der Waals surface area contributed by atoms with Gasteiger partial charge in [0.15, 0.2) is 6.61 Å². The van der Waals surface area contributed by atoms with E-state index in [0.717, 1.165) is 0 Å². The number of hydrogen-bond donors (Lipinski definition) is 3. The summed E-state index contributed by atoms with van der Waals surface area (Å²) >= 11 is 0. The molecule has 8 heteroatoms. The Bertz CT molecular complexity index is 584. The minimum atomic E-state index is -0.243. The van der Waals surface area contributed by atoms with Crippen LogP contribution in [0.3, 0.4) is 0 Å². The lowest BCUT2D eigenvalue weighted by Crippen LogP contribution is -2.43. The standard InChI is InChI=1S/C13H16N4O4/c14-8-5-11-10(15-12(18)7-21-11)6-9(8)16-13(19)17-1-3-20-4-2-17/h5-6H,1-4,7,14H2,(H,15,18)(H,16,19). The zero-order chi connectivity index (χ0) is 14.8. The third-order valence-corrected chi connectivity index (χ3v) is 3.32. The minimum absolute atomic E-state index is 0.0358. The molecule has 0 aliphatic carbocycles. The van der Waals surface area contributed by atoms with E-state index >= 15 is 0 Å². The van der Waals surface area contributed by atoms with Gasteiger partial charge in [-0.15, -0.1) is 0 Å². The highest BCUT2D eigenvalue weighted by Crippen LogP contribution is 2.35. The molecule has 2 aliphatic rings. The molecule has 2 aliphatic heterocycles. The van der Waals surface area contributed by atoms with Gasteiger partial charge in [-0.25, -0.2) is 4.79 Å². The number of hydrogen-bond acceptors (Lipinski definition) is 5. The molecule has 21 heavy (non-hydrogen) atoms. The quantitative estimate of drug-likeness (QED) is 0.652. The molecule has 0 radical (unpaired) electrons. The first-order chi connectivity index (χ1) is 10.1. The molecule has 0 saturated carbocycles. The maximum atomic E-state index is 12.1. The van der Waals surface area contributed by atoms with E-state index in [4.69, 9.17) is 15.2 Å². The van der Waals surface area contributed by atoms with Crippen LogP contribution in [0.4, 0.5) is 21.9 Å². The molecule has 2 heterocycles. The van der Waals surface area contributed by atoms with Crippen molar-refractivity contribution < 1.29 is 19.1 Å². The molecule has 0 aromatic heterocycles. The second kappa shape index (κ2) is 5.49. The lowest BCUT2D eigenvalue weighted by Gasteiger charge is -2.27. The molecule has 1 fully saturated rings. The molecule has 4 N–H and O–H groups in total. The maximum absolute atomic E-state index is 12.1. The number of carbonyl (C=O) groups excluding carboxylic acids is 2. The number of fused-ring (bicyclic) bond motifs is 1. The minimum Gasteiger partial charge on any atom is -0.482 e. The number of urea groups is 1. The first-order valence-electron chi connectivity index (χ1n) is 6.63. The van der Waals surface area contributed by atoms with E-state index in [9.17, 15) is 9.59 Å². The van der Waals surface area contributed by atoms with Crippen molar-refractivity contribution in [1.82, 2.24) is 4.90 Å². The van der Waals surface area contributed by atoms with Crippen molar-refractivity contribution in [2.24, 2.45) is 0 Å². The lowest BCUT2D eigenvalue weighted by atomic mass is 10.2. The molecular weight excluding hydrogens is 276 g/mol. The van der Waals surface area contributed by atoms with Crippen molar-refractivity contribution in [3.63, 3.8) is 0 Å². The van der Waals surface area contributed by atoms with Gasteiger partial charge in [-0.2, -0.15) is 0 Å². The fraction of sp³-hybridized carbons (Fsp3) is 0.385. The molecule has 3 rings (SSSR count). The van der Waals surface area contributed by atoms with Gasteiger partial charge in [-0.1, -0.05) is 0 Å². The molecule has 0 bridgehead atoms. The fourth-order valence-corrected chi connectivity index (χ4v) is 2.21. The van der Waals surface area contributed by atoms with Gasteiger partial charge in [0, 0.05) is 19.2 Å². The van der Waals surface area contributed by atoms with Crippen LogP contribution in [0.5, 0.6) is 5.75 Å². The number of nitrogens with one attached hydrogen (secondary N) is 2. The molecule has 3 amide bonds. The average molecular weight is 292 g/mol. The summed E-state index contributed by atoms with van der Waals surface area (Å²) in [5.74, 6) is 0.259. The average Bonchev–Trinajstić information content (AvgIpc) is 2.49. The molecule has 1 saturated heterocycles. The number of nitrogen functional groups attached to an aromatic ring is 1. The van der Waals surface area contributed by atoms with Crippen LogP contribution in [-0.4, -0.2) is 49.7 Å². The molecule has 8 nitrogen and oxygen atoms in total. The molecule has 1 aromatic carbocycles. The van der Waals surface area contributed by atoms with Crippen molar-refractivity contribution >= 4 is 29.0 Å². The normalized spacial score (nSPS) is 17.5. The van der Waals surface area contributed by atoms with Crippen molar-refractivity contribution in [3.05, 3.63) is 12.1 Å². The smallest absolute Gasteiger partial charge is 0.322 e. The molecule has 0 atom stereocenters. The van der Waals surface area contributed by atoms with Crippen LogP contribution in [0.2, 0.25) is 0 Å². The van der Waals surface area contributed by atoms with Gasteiger partial charge >= 0.3 is 6.03 Å². The van der Waals surface area contributed by atoms with Crippen molar-refractivity contribution in [2.45, 2.75) is 0 Å². The number of benzene rings is 1. The number of ether oxygens (including phenoxy) is 2. The largest absolute Gasteiger partial charge is 0.482 e.